The monoisotopic (exact) mass is 288 g/mol. The molecule has 0 bridgehead atoms. The van der Waals surface area contributed by atoms with Gasteiger partial charge in [-0.05, 0) is 39.2 Å². The first-order valence-electron chi connectivity index (χ1n) is 7.75. The minimum Gasteiger partial charge on any atom is -0.445 e. The second-order valence-corrected chi connectivity index (χ2v) is 6.20. The number of rotatable bonds is 4. The van der Waals surface area contributed by atoms with Crippen molar-refractivity contribution in [3.05, 3.63) is 29.6 Å². The van der Waals surface area contributed by atoms with E-state index in [4.69, 9.17) is 8.94 Å². The summed E-state index contributed by atoms with van der Waals surface area (Å²) in [5.41, 5.74) is 0. The minimum atomic E-state index is 0.367. The van der Waals surface area contributed by atoms with Crippen molar-refractivity contribution in [3.8, 4) is 0 Å². The molecule has 6 heteroatoms. The quantitative estimate of drug-likeness (QED) is 0.861. The van der Waals surface area contributed by atoms with Crippen LogP contribution in [-0.2, 0) is 6.54 Å². The van der Waals surface area contributed by atoms with Crippen molar-refractivity contribution < 1.29 is 8.94 Å². The normalized spacial score (nSPS) is 23.6. The van der Waals surface area contributed by atoms with Gasteiger partial charge in [0.25, 0.3) is 0 Å². The van der Waals surface area contributed by atoms with Crippen LogP contribution in [0.3, 0.4) is 0 Å². The molecule has 2 aromatic rings. The predicted octanol–water partition coefficient (Wildman–Crippen LogP) is 2.62. The molecule has 0 amide bonds. The zero-order valence-electron chi connectivity index (χ0n) is 12.3. The minimum absolute atomic E-state index is 0.367. The van der Waals surface area contributed by atoms with E-state index in [0.29, 0.717) is 11.8 Å². The summed E-state index contributed by atoms with van der Waals surface area (Å²) in [5.74, 6) is 4.27. The molecule has 1 atom stereocenters. The van der Waals surface area contributed by atoms with Crippen LogP contribution in [0, 0.1) is 6.92 Å². The van der Waals surface area contributed by atoms with E-state index in [9.17, 15) is 0 Å². The maximum absolute atomic E-state index is 5.57. The summed E-state index contributed by atoms with van der Waals surface area (Å²) in [4.78, 5) is 11.3. The standard InChI is InChI=1S/C15H20N4O2/c1-10-7-16-13(20-10)9-19-6-2-3-12(8-19)14-17-15(21-18-14)11-4-5-11/h7,11-12H,2-6,8-9H2,1H3/t12-/m1/s1. The van der Waals surface area contributed by atoms with Crippen LogP contribution >= 0.6 is 0 Å². The Labute approximate surface area is 123 Å². The molecule has 0 aromatic carbocycles. The molecule has 21 heavy (non-hydrogen) atoms. The number of likely N-dealkylation sites (tertiary alicyclic amines) is 1. The molecular weight excluding hydrogens is 268 g/mol. The molecule has 2 fully saturated rings. The van der Waals surface area contributed by atoms with Gasteiger partial charge in [0, 0.05) is 18.4 Å². The number of hydrogen-bond acceptors (Lipinski definition) is 6. The topological polar surface area (TPSA) is 68.2 Å². The molecule has 6 nitrogen and oxygen atoms in total. The number of hydrogen-bond donors (Lipinski definition) is 0. The fourth-order valence-electron chi connectivity index (χ4n) is 2.98. The van der Waals surface area contributed by atoms with E-state index in [-0.39, 0.29) is 0 Å². The second-order valence-electron chi connectivity index (χ2n) is 6.20. The van der Waals surface area contributed by atoms with Crippen LogP contribution in [0.1, 0.15) is 60.9 Å². The molecule has 0 N–H and O–H groups in total. The average molecular weight is 288 g/mol. The molecule has 0 spiro atoms. The van der Waals surface area contributed by atoms with Crippen LogP contribution in [0.25, 0.3) is 0 Å². The summed E-state index contributed by atoms with van der Waals surface area (Å²) in [6.45, 7) is 4.71. The Morgan fingerprint density at radius 1 is 1.29 bits per heavy atom. The van der Waals surface area contributed by atoms with Gasteiger partial charge in [0.05, 0.1) is 12.7 Å². The van der Waals surface area contributed by atoms with Gasteiger partial charge in [0.15, 0.2) is 5.82 Å². The molecular formula is C15H20N4O2. The summed E-state index contributed by atoms with van der Waals surface area (Å²) in [6.07, 6.45) is 6.45. The lowest BCUT2D eigenvalue weighted by atomic mass is 9.97. The highest BCUT2D eigenvalue weighted by atomic mass is 16.5. The third-order valence-electron chi connectivity index (χ3n) is 4.28. The maximum Gasteiger partial charge on any atom is 0.229 e. The number of piperidine rings is 1. The summed E-state index contributed by atoms with van der Waals surface area (Å²) in [7, 11) is 0. The lowest BCUT2D eigenvalue weighted by Crippen LogP contribution is -2.34. The molecule has 1 aliphatic carbocycles. The average Bonchev–Trinajstić information content (AvgIpc) is 3.07. The van der Waals surface area contributed by atoms with Gasteiger partial charge in [-0.25, -0.2) is 4.98 Å². The molecule has 112 valence electrons. The highest BCUT2D eigenvalue weighted by Gasteiger charge is 2.32. The van der Waals surface area contributed by atoms with Crippen molar-refractivity contribution in [1.29, 1.82) is 0 Å². The Balaban J connectivity index is 1.41. The Morgan fingerprint density at radius 3 is 2.95 bits per heavy atom. The summed E-state index contributed by atoms with van der Waals surface area (Å²) < 4.78 is 11.0. The van der Waals surface area contributed by atoms with Crippen LogP contribution in [0.5, 0.6) is 0 Å². The van der Waals surface area contributed by atoms with Gasteiger partial charge in [0.2, 0.25) is 11.8 Å². The predicted molar refractivity (Wildman–Crippen MR) is 74.8 cm³/mol. The molecule has 0 unspecified atom stereocenters. The lowest BCUT2D eigenvalue weighted by Gasteiger charge is -2.30. The first-order chi connectivity index (χ1) is 10.3. The van der Waals surface area contributed by atoms with Crippen molar-refractivity contribution in [3.63, 3.8) is 0 Å². The van der Waals surface area contributed by atoms with Gasteiger partial charge in [-0.3, -0.25) is 4.90 Å². The first-order valence-corrected chi connectivity index (χ1v) is 7.75. The van der Waals surface area contributed by atoms with E-state index >= 15 is 0 Å². The Morgan fingerprint density at radius 2 is 2.19 bits per heavy atom. The van der Waals surface area contributed by atoms with E-state index in [1.54, 1.807) is 6.20 Å². The van der Waals surface area contributed by atoms with Crippen molar-refractivity contribution in [2.45, 2.75) is 51.0 Å². The molecule has 1 saturated carbocycles. The van der Waals surface area contributed by atoms with Gasteiger partial charge >= 0.3 is 0 Å². The number of aryl methyl sites for hydroxylation is 1. The Bertz CT molecular complexity index is 617. The zero-order chi connectivity index (χ0) is 14.2. The van der Waals surface area contributed by atoms with Crippen molar-refractivity contribution in [1.82, 2.24) is 20.0 Å². The molecule has 2 aromatic heterocycles. The van der Waals surface area contributed by atoms with Gasteiger partial charge in [-0.1, -0.05) is 5.16 Å². The number of nitrogens with zero attached hydrogens (tertiary/aromatic N) is 4. The van der Waals surface area contributed by atoms with Crippen LogP contribution in [0.2, 0.25) is 0 Å². The summed E-state index contributed by atoms with van der Waals surface area (Å²) in [6, 6.07) is 0. The Kier molecular flexibility index (Phi) is 3.25. The summed E-state index contributed by atoms with van der Waals surface area (Å²) in [5, 5.41) is 4.19. The highest BCUT2D eigenvalue weighted by Crippen LogP contribution is 2.39. The van der Waals surface area contributed by atoms with Crippen LogP contribution < -0.4 is 0 Å². The Hall–Kier alpha value is -1.69. The lowest BCUT2D eigenvalue weighted by molar-refractivity contribution is 0.178. The molecule has 4 rings (SSSR count). The van der Waals surface area contributed by atoms with Crippen molar-refractivity contribution in [2.75, 3.05) is 13.1 Å². The third kappa shape index (κ3) is 2.85. The fourth-order valence-corrected chi connectivity index (χ4v) is 2.98. The molecule has 3 heterocycles. The molecule has 1 aliphatic heterocycles. The SMILES string of the molecule is Cc1cnc(CN2CCC[C@@H](c3noc(C4CC4)n3)C2)o1. The van der Waals surface area contributed by atoms with E-state index in [2.05, 4.69) is 20.0 Å². The fraction of sp³-hybridized carbons (Fsp3) is 0.667. The smallest absolute Gasteiger partial charge is 0.229 e. The van der Waals surface area contributed by atoms with Crippen LogP contribution in [0.15, 0.2) is 15.1 Å². The number of aromatic nitrogens is 3. The third-order valence-corrected chi connectivity index (χ3v) is 4.28. The summed E-state index contributed by atoms with van der Waals surface area (Å²) >= 11 is 0. The molecule has 0 radical (unpaired) electrons. The van der Waals surface area contributed by atoms with Crippen molar-refractivity contribution >= 4 is 0 Å². The first kappa shape index (κ1) is 13.0. The zero-order valence-corrected chi connectivity index (χ0v) is 12.3. The van der Waals surface area contributed by atoms with Crippen LogP contribution in [-0.4, -0.2) is 33.1 Å². The van der Waals surface area contributed by atoms with Gasteiger partial charge in [0.1, 0.15) is 5.76 Å². The van der Waals surface area contributed by atoms with Crippen LogP contribution in [0.4, 0.5) is 0 Å². The van der Waals surface area contributed by atoms with Gasteiger partial charge in [-0.15, -0.1) is 0 Å². The molecule has 2 aliphatic rings. The van der Waals surface area contributed by atoms with Crippen molar-refractivity contribution in [2.24, 2.45) is 0 Å². The largest absolute Gasteiger partial charge is 0.445 e. The van der Waals surface area contributed by atoms with E-state index in [1.807, 2.05) is 6.92 Å². The van der Waals surface area contributed by atoms with Gasteiger partial charge < -0.3 is 8.94 Å². The second kappa shape index (κ2) is 5.26. The van der Waals surface area contributed by atoms with E-state index < -0.39 is 0 Å². The molecule has 1 saturated heterocycles. The maximum atomic E-state index is 5.57. The van der Waals surface area contributed by atoms with E-state index in [1.165, 1.54) is 12.8 Å². The van der Waals surface area contributed by atoms with Gasteiger partial charge in [-0.2, -0.15) is 4.98 Å². The highest BCUT2D eigenvalue weighted by molar-refractivity contribution is 5.05. The number of oxazole rings is 1. The van der Waals surface area contributed by atoms with E-state index in [0.717, 1.165) is 55.8 Å².